The number of pyridine rings is 1. The van der Waals surface area contributed by atoms with E-state index in [0.29, 0.717) is 40.9 Å². The van der Waals surface area contributed by atoms with Gasteiger partial charge in [-0.3, -0.25) is 9.59 Å². The second-order valence-electron chi connectivity index (χ2n) is 9.14. The molecule has 1 aliphatic rings. The van der Waals surface area contributed by atoms with Crippen molar-refractivity contribution in [2.24, 2.45) is 5.92 Å². The number of fused-ring (bicyclic) bond motifs is 2. The minimum atomic E-state index is -0.337. The smallest absolute Gasteiger partial charge is 0.293 e. The first kappa shape index (κ1) is 23.9. The van der Waals surface area contributed by atoms with Gasteiger partial charge in [0.25, 0.3) is 11.5 Å². The van der Waals surface area contributed by atoms with Gasteiger partial charge in [-0.2, -0.15) is 5.10 Å². The molecule has 1 atom stereocenters. The number of nitrogens with one attached hydrogen (secondary N) is 1. The fourth-order valence-electron chi connectivity index (χ4n) is 4.54. The predicted molar refractivity (Wildman–Crippen MR) is 137 cm³/mol. The van der Waals surface area contributed by atoms with Crippen molar-refractivity contribution < 1.29 is 9.63 Å². The minimum absolute atomic E-state index is 0.120. The van der Waals surface area contributed by atoms with Crippen LogP contribution >= 0.6 is 11.6 Å². The molecule has 0 spiro atoms. The normalized spacial score (nSPS) is 14.1. The highest BCUT2D eigenvalue weighted by Gasteiger charge is 2.29. The molecule has 0 radical (unpaired) electrons. The van der Waals surface area contributed by atoms with Gasteiger partial charge in [-0.05, 0) is 41.8 Å². The van der Waals surface area contributed by atoms with E-state index < -0.39 is 0 Å². The summed E-state index contributed by atoms with van der Waals surface area (Å²) >= 11 is 6.07. The van der Waals surface area contributed by atoms with Crippen molar-refractivity contribution in [3.8, 4) is 0 Å². The number of aromatic nitrogens is 4. The third-order valence-electron chi connectivity index (χ3n) is 6.43. The number of hydrogen-bond acceptors (Lipinski definition) is 6. The summed E-state index contributed by atoms with van der Waals surface area (Å²) in [5, 5.41) is 8.43. The van der Waals surface area contributed by atoms with Crippen LogP contribution in [-0.2, 0) is 13.0 Å². The summed E-state index contributed by atoms with van der Waals surface area (Å²) in [6.45, 7) is 4.75. The van der Waals surface area contributed by atoms with Crippen LogP contribution in [0.2, 0.25) is 5.02 Å². The summed E-state index contributed by atoms with van der Waals surface area (Å²) in [7, 11) is 1.43. The van der Waals surface area contributed by atoms with Crippen LogP contribution in [0, 0.1) is 5.92 Å². The molecule has 5 rings (SSSR count). The first-order valence-electron chi connectivity index (χ1n) is 11.8. The lowest BCUT2D eigenvalue weighted by Gasteiger charge is -2.29. The molecule has 9 nitrogen and oxygen atoms in total. The maximum Gasteiger partial charge on any atom is 0.293 e. The van der Waals surface area contributed by atoms with Crippen LogP contribution in [0.15, 0.2) is 59.5 Å². The SMILES string of the molecule is COn1c(NC(c2ccc(Cl)cc2)C(C)C)nc2c(c1=O)CN(C(=O)c1cc3ccccn3n1)CC2. The zero-order valence-corrected chi connectivity index (χ0v) is 21.1. The quantitative estimate of drug-likeness (QED) is 0.429. The molecule has 10 heteroatoms. The first-order valence-corrected chi connectivity index (χ1v) is 12.2. The van der Waals surface area contributed by atoms with Crippen molar-refractivity contribution in [3.05, 3.63) is 92.6 Å². The van der Waals surface area contributed by atoms with Crippen LogP contribution in [0.5, 0.6) is 0 Å². The number of rotatable bonds is 6. The highest BCUT2D eigenvalue weighted by atomic mass is 35.5. The van der Waals surface area contributed by atoms with Gasteiger partial charge >= 0.3 is 0 Å². The Morgan fingerprint density at radius 2 is 1.94 bits per heavy atom. The zero-order chi connectivity index (χ0) is 25.4. The largest absolute Gasteiger partial charge is 0.411 e. The molecule has 1 aliphatic heterocycles. The highest BCUT2D eigenvalue weighted by Crippen LogP contribution is 2.27. The summed E-state index contributed by atoms with van der Waals surface area (Å²) in [5.74, 6) is 0.301. The Balaban J connectivity index is 1.44. The van der Waals surface area contributed by atoms with E-state index in [0.717, 1.165) is 15.8 Å². The zero-order valence-electron chi connectivity index (χ0n) is 20.3. The average molecular weight is 507 g/mol. The molecular formula is C26H27ClN6O3. The standard InChI is InChI=1S/C26H27ClN6O3/c1-16(2)23(17-7-9-18(27)10-8-17)29-26-28-21-11-13-31(15-20(21)24(34)33(26)36-3)25(35)22-14-19-6-4-5-12-32(19)30-22/h4-10,12,14,16,23H,11,13,15H2,1-3H3,(H,28,29). The molecule has 1 unspecified atom stereocenters. The minimum Gasteiger partial charge on any atom is -0.411 e. The van der Waals surface area contributed by atoms with Gasteiger partial charge in [0.2, 0.25) is 5.95 Å². The third kappa shape index (κ3) is 4.42. The van der Waals surface area contributed by atoms with Gasteiger partial charge in [-0.15, -0.1) is 4.73 Å². The first-order chi connectivity index (χ1) is 17.4. The molecule has 0 aliphatic carbocycles. The monoisotopic (exact) mass is 506 g/mol. The Hall–Kier alpha value is -3.85. The van der Waals surface area contributed by atoms with Crippen molar-refractivity contribution in [2.75, 3.05) is 19.0 Å². The second kappa shape index (κ2) is 9.66. The van der Waals surface area contributed by atoms with E-state index in [1.54, 1.807) is 21.7 Å². The molecule has 3 aromatic heterocycles. The van der Waals surface area contributed by atoms with Crippen LogP contribution < -0.4 is 15.7 Å². The second-order valence-corrected chi connectivity index (χ2v) is 9.57. The van der Waals surface area contributed by atoms with E-state index in [2.05, 4.69) is 24.3 Å². The number of amides is 1. The number of hydrogen-bond donors (Lipinski definition) is 1. The molecule has 0 saturated carbocycles. The topological polar surface area (TPSA) is 93.8 Å². The molecular weight excluding hydrogens is 480 g/mol. The molecule has 0 saturated heterocycles. The summed E-state index contributed by atoms with van der Waals surface area (Å²) in [5.41, 5.74) is 2.96. The van der Waals surface area contributed by atoms with E-state index in [4.69, 9.17) is 21.4 Å². The van der Waals surface area contributed by atoms with Crippen molar-refractivity contribution in [2.45, 2.75) is 32.9 Å². The summed E-state index contributed by atoms with van der Waals surface area (Å²) in [6.07, 6.45) is 2.25. The Morgan fingerprint density at radius 1 is 1.17 bits per heavy atom. The lowest BCUT2D eigenvalue weighted by atomic mass is 9.96. The molecule has 0 fully saturated rings. The summed E-state index contributed by atoms with van der Waals surface area (Å²) in [4.78, 5) is 38.4. The molecule has 1 aromatic carbocycles. The van der Waals surface area contributed by atoms with Gasteiger partial charge < -0.3 is 15.1 Å². The lowest BCUT2D eigenvalue weighted by molar-refractivity contribution is 0.0722. The Bertz CT molecular complexity index is 1440. The number of halogens is 1. The predicted octanol–water partition coefficient (Wildman–Crippen LogP) is 3.61. The maximum absolute atomic E-state index is 13.4. The maximum atomic E-state index is 13.4. The molecule has 186 valence electrons. The van der Waals surface area contributed by atoms with Crippen molar-refractivity contribution in [1.29, 1.82) is 0 Å². The van der Waals surface area contributed by atoms with E-state index in [1.165, 1.54) is 7.11 Å². The average Bonchev–Trinajstić information content (AvgIpc) is 3.32. The van der Waals surface area contributed by atoms with E-state index in [-0.39, 0.29) is 30.0 Å². The highest BCUT2D eigenvalue weighted by molar-refractivity contribution is 6.30. The van der Waals surface area contributed by atoms with Crippen LogP contribution in [0.4, 0.5) is 5.95 Å². The van der Waals surface area contributed by atoms with Crippen LogP contribution in [0.1, 0.15) is 47.2 Å². The van der Waals surface area contributed by atoms with E-state index in [1.807, 2.05) is 42.5 Å². The molecule has 4 aromatic rings. The number of anilines is 1. The fraction of sp³-hybridized carbons (Fsp3) is 0.308. The van der Waals surface area contributed by atoms with Crippen molar-refractivity contribution in [1.82, 2.24) is 24.2 Å². The van der Waals surface area contributed by atoms with Crippen LogP contribution in [-0.4, -0.2) is 43.8 Å². The molecule has 4 heterocycles. The van der Waals surface area contributed by atoms with Gasteiger partial charge in [-0.25, -0.2) is 9.50 Å². The van der Waals surface area contributed by atoms with Gasteiger partial charge in [0.05, 0.1) is 29.4 Å². The number of carbonyl (C=O) groups excluding carboxylic acids is 1. The Labute approximate surface area is 213 Å². The Kier molecular flexibility index (Phi) is 6.40. The van der Waals surface area contributed by atoms with Gasteiger partial charge in [0, 0.05) is 24.2 Å². The number of benzene rings is 1. The van der Waals surface area contributed by atoms with Gasteiger partial charge in [-0.1, -0.05) is 43.6 Å². The van der Waals surface area contributed by atoms with Gasteiger partial charge in [0.15, 0.2) is 5.69 Å². The fourth-order valence-corrected chi connectivity index (χ4v) is 4.67. The third-order valence-corrected chi connectivity index (χ3v) is 6.68. The van der Waals surface area contributed by atoms with Gasteiger partial charge in [0.1, 0.15) is 7.11 Å². The van der Waals surface area contributed by atoms with Crippen molar-refractivity contribution in [3.63, 3.8) is 0 Å². The van der Waals surface area contributed by atoms with Crippen LogP contribution in [0.25, 0.3) is 5.52 Å². The van der Waals surface area contributed by atoms with E-state index >= 15 is 0 Å². The summed E-state index contributed by atoms with van der Waals surface area (Å²) < 4.78 is 2.82. The number of carbonyl (C=O) groups is 1. The molecule has 36 heavy (non-hydrogen) atoms. The van der Waals surface area contributed by atoms with Crippen molar-refractivity contribution >= 4 is 29.0 Å². The van der Waals surface area contributed by atoms with Crippen LogP contribution in [0.3, 0.4) is 0 Å². The molecule has 0 bridgehead atoms. The lowest BCUT2D eigenvalue weighted by Crippen LogP contribution is -2.42. The summed E-state index contributed by atoms with van der Waals surface area (Å²) in [6, 6.07) is 14.9. The Morgan fingerprint density at radius 3 is 2.64 bits per heavy atom. The molecule has 1 amide bonds. The van der Waals surface area contributed by atoms with E-state index in [9.17, 15) is 9.59 Å². The molecule has 1 N–H and O–H groups in total. The number of nitrogens with zero attached hydrogens (tertiary/aromatic N) is 5.